The van der Waals surface area contributed by atoms with E-state index in [0.29, 0.717) is 10.8 Å². The molecular weight excluding hydrogens is 432 g/mol. The molecule has 0 aliphatic rings. The first kappa shape index (κ1) is 22.9. The van der Waals surface area contributed by atoms with Gasteiger partial charge in [-0.05, 0) is 43.9 Å². The van der Waals surface area contributed by atoms with E-state index in [2.05, 4.69) is 20.8 Å². The molecule has 2 rings (SSSR count). The highest BCUT2D eigenvalue weighted by atomic mass is 32.2. The third-order valence-corrected chi connectivity index (χ3v) is 6.36. The number of carboxylic acids is 1. The second-order valence-electron chi connectivity index (χ2n) is 5.70. The average molecular weight is 453 g/mol. The zero-order valence-electron chi connectivity index (χ0n) is 16.0. The molecule has 0 aliphatic heterocycles. The van der Waals surface area contributed by atoms with Crippen LogP contribution in [-0.2, 0) is 14.4 Å². The van der Waals surface area contributed by atoms with Crippen molar-refractivity contribution in [3.8, 4) is 0 Å². The van der Waals surface area contributed by atoms with Gasteiger partial charge in [-0.15, -0.1) is 22.0 Å². The number of carboxylic acid groups (broad SMARTS) is 1. The van der Waals surface area contributed by atoms with Gasteiger partial charge < -0.3 is 10.4 Å². The van der Waals surface area contributed by atoms with Crippen LogP contribution in [0.2, 0.25) is 0 Å². The third kappa shape index (κ3) is 7.52. The van der Waals surface area contributed by atoms with Crippen LogP contribution in [0.15, 0.2) is 45.1 Å². The van der Waals surface area contributed by atoms with Gasteiger partial charge in [0.05, 0.1) is 5.25 Å². The van der Waals surface area contributed by atoms with Gasteiger partial charge in [0.25, 0.3) is 0 Å². The van der Waals surface area contributed by atoms with E-state index < -0.39 is 11.9 Å². The number of nitrogens with one attached hydrogen (secondary N) is 2. The molecule has 1 aromatic carbocycles. The van der Waals surface area contributed by atoms with Crippen molar-refractivity contribution in [2.45, 2.75) is 35.3 Å². The Morgan fingerprint density at radius 3 is 2.52 bits per heavy atom. The summed E-state index contributed by atoms with van der Waals surface area (Å²) in [5, 5.41) is 22.2. The van der Waals surface area contributed by atoms with Crippen LogP contribution in [0.1, 0.15) is 20.8 Å². The molecule has 0 saturated heterocycles. The standard InChI is InChI=1S/C18H20N4O4S3/c1-4-27-18-22-21-17(29-18)20-15(24)11(3)28-13-7-5-12(6-8-13)19-14(23)9-10(2)16(25)26/h5-9,11H,4H2,1-3H3,(H,19,23)(H,25,26)(H,20,21,24)/b10-9-. The van der Waals surface area contributed by atoms with Crippen LogP contribution in [0, 0.1) is 0 Å². The molecule has 29 heavy (non-hydrogen) atoms. The Labute approximate surface area is 180 Å². The highest BCUT2D eigenvalue weighted by Gasteiger charge is 2.17. The summed E-state index contributed by atoms with van der Waals surface area (Å²) >= 11 is 4.28. The first-order valence-electron chi connectivity index (χ1n) is 8.55. The van der Waals surface area contributed by atoms with Gasteiger partial charge in [0.2, 0.25) is 16.9 Å². The normalized spacial score (nSPS) is 12.3. The predicted octanol–water partition coefficient (Wildman–Crippen LogP) is 3.74. The molecule has 0 aliphatic carbocycles. The molecule has 0 spiro atoms. The Balaban J connectivity index is 1.89. The molecule has 2 aromatic rings. The molecule has 0 bridgehead atoms. The fourth-order valence-corrected chi connectivity index (χ4v) is 4.48. The number of amides is 2. The zero-order chi connectivity index (χ0) is 21.4. The first-order valence-corrected chi connectivity index (χ1v) is 11.2. The van der Waals surface area contributed by atoms with Gasteiger partial charge in [-0.2, -0.15) is 0 Å². The topological polar surface area (TPSA) is 121 Å². The second kappa shape index (κ2) is 11.0. The molecule has 3 N–H and O–H groups in total. The number of thioether (sulfide) groups is 2. The fraction of sp³-hybridized carbons (Fsp3) is 0.278. The third-order valence-electron chi connectivity index (χ3n) is 3.39. The molecule has 1 unspecified atom stereocenters. The number of hydrogen-bond acceptors (Lipinski definition) is 8. The maximum Gasteiger partial charge on any atom is 0.331 e. The van der Waals surface area contributed by atoms with Gasteiger partial charge in [0, 0.05) is 22.2 Å². The van der Waals surface area contributed by atoms with Crippen molar-refractivity contribution in [2.24, 2.45) is 0 Å². The Bertz CT molecular complexity index is 912. The van der Waals surface area contributed by atoms with Crippen molar-refractivity contribution in [1.82, 2.24) is 10.2 Å². The molecule has 0 fully saturated rings. The molecule has 154 valence electrons. The fourth-order valence-electron chi connectivity index (χ4n) is 1.96. The summed E-state index contributed by atoms with van der Waals surface area (Å²) in [6.45, 7) is 5.16. The van der Waals surface area contributed by atoms with Crippen LogP contribution in [0.25, 0.3) is 0 Å². The minimum atomic E-state index is -1.15. The van der Waals surface area contributed by atoms with Crippen LogP contribution in [0.3, 0.4) is 0 Å². The van der Waals surface area contributed by atoms with E-state index in [1.54, 1.807) is 43.0 Å². The van der Waals surface area contributed by atoms with E-state index in [9.17, 15) is 14.4 Å². The summed E-state index contributed by atoms with van der Waals surface area (Å²) in [7, 11) is 0. The zero-order valence-corrected chi connectivity index (χ0v) is 18.4. The summed E-state index contributed by atoms with van der Waals surface area (Å²) < 4.78 is 0.814. The van der Waals surface area contributed by atoms with E-state index >= 15 is 0 Å². The Morgan fingerprint density at radius 2 is 1.90 bits per heavy atom. The van der Waals surface area contributed by atoms with Gasteiger partial charge in [0.1, 0.15) is 0 Å². The largest absolute Gasteiger partial charge is 0.478 e. The van der Waals surface area contributed by atoms with Crippen LogP contribution < -0.4 is 10.6 Å². The lowest BCUT2D eigenvalue weighted by Gasteiger charge is -2.11. The number of carbonyl (C=O) groups is 3. The smallest absolute Gasteiger partial charge is 0.331 e. The minimum absolute atomic E-state index is 0.0506. The van der Waals surface area contributed by atoms with Crippen molar-refractivity contribution in [1.29, 1.82) is 0 Å². The molecule has 2 amide bonds. The van der Waals surface area contributed by atoms with E-state index in [-0.39, 0.29) is 16.7 Å². The van der Waals surface area contributed by atoms with E-state index in [0.717, 1.165) is 21.1 Å². The number of nitrogens with zero attached hydrogens (tertiary/aromatic N) is 2. The summed E-state index contributed by atoms with van der Waals surface area (Å²) in [4.78, 5) is 35.7. The summed E-state index contributed by atoms with van der Waals surface area (Å²) in [5.41, 5.74) is 0.478. The maximum atomic E-state index is 12.3. The number of rotatable bonds is 9. The highest BCUT2D eigenvalue weighted by Crippen LogP contribution is 2.28. The van der Waals surface area contributed by atoms with Crippen molar-refractivity contribution < 1.29 is 19.5 Å². The first-order chi connectivity index (χ1) is 13.8. The summed E-state index contributed by atoms with van der Waals surface area (Å²) in [6, 6.07) is 6.93. The van der Waals surface area contributed by atoms with Crippen LogP contribution in [0.5, 0.6) is 0 Å². The average Bonchev–Trinajstić information content (AvgIpc) is 3.10. The van der Waals surface area contributed by atoms with Crippen LogP contribution >= 0.6 is 34.9 Å². The molecule has 0 saturated carbocycles. The number of carbonyl (C=O) groups excluding carboxylic acids is 2. The van der Waals surface area contributed by atoms with Crippen molar-refractivity contribution >= 4 is 63.5 Å². The monoisotopic (exact) mass is 452 g/mol. The van der Waals surface area contributed by atoms with Crippen LogP contribution in [0.4, 0.5) is 10.8 Å². The molecule has 1 heterocycles. The summed E-state index contributed by atoms with van der Waals surface area (Å²) in [6.07, 6.45) is 1.02. The molecule has 8 nitrogen and oxygen atoms in total. The highest BCUT2D eigenvalue weighted by molar-refractivity contribution is 8.01. The Hall–Kier alpha value is -2.37. The number of anilines is 2. The molecular formula is C18H20N4O4S3. The number of hydrogen-bond donors (Lipinski definition) is 3. The van der Waals surface area contributed by atoms with E-state index in [1.807, 2.05) is 6.92 Å². The van der Waals surface area contributed by atoms with Gasteiger partial charge in [-0.1, -0.05) is 30.0 Å². The second-order valence-corrected chi connectivity index (χ2v) is 9.60. The van der Waals surface area contributed by atoms with Gasteiger partial charge in [0.15, 0.2) is 4.34 Å². The summed E-state index contributed by atoms with van der Waals surface area (Å²) in [5.74, 6) is -0.949. The Morgan fingerprint density at radius 1 is 1.21 bits per heavy atom. The number of aliphatic carboxylic acids is 1. The minimum Gasteiger partial charge on any atom is -0.478 e. The van der Waals surface area contributed by atoms with Gasteiger partial charge in [-0.25, -0.2) is 4.79 Å². The molecule has 11 heteroatoms. The molecule has 1 aromatic heterocycles. The number of aromatic nitrogens is 2. The molecule has 0 radical (unpaired) electrons. The quantitative estimate of drug-likeness (QED) is 0.299. The van der Waals surface area contributed by atoms with Crippen molar-refractivity contribution in [2.75, 3.05) is 16.4 Å². The maximum absolute atomic E-state index is 12.3. The van der Waals surface area contributed by atoms with E-state index in [4.69, 9.17) is 5.11 Å². The Kier molecular flexibility index (Phi) is 8.68. The lowest BCUT2D eigenvalue weighted by atomic mass is 10.2. The lowest BCUT2D eigenvalue weighted by molar-refractivity contribution is -0.132. The van der Waals surface area contributed by atoms with Gasteiger partial charge >= 0.3 is 5.97 Å². The molecule has 1 atom stereocenters. The predicted molar refractivity (Wildman–Crippen MR) is 117 cm³/mol. The number of benzene rings is 1. The van der Waals surface area contributed by atoms with Crippen molar-refractivity contribution in [3.63, 3.8) is 0 Å². The van der Waals surface area contributed by atoms with Crippen LogP contribution in [-0.4, -0.2) is 44.1 Å². The van der Waals surface area contributed by atoms with E-state index in [1.165, 1.54) is 30.0 Å². The SMILES string of the molecule is CCSc1nnc(NC(=O)C(C)Sc2ccc(NC(=O)/C=C(/C)C(=O)O)cc2)s1. The van der Waals surface area contributed by atoms with Gasteiger partial charge in [-0.3, -0.25) is 14.9 Å². The lowest BCUT2D eigenvalue weighted by Crippen LogP contribution is -2.22. The van der Waals surface area contributed by atoms with Crippen molar-refractivity contribution in [3.05, 3.63) is 35.9 Å².